The van der Waals surface area contributed by atoms with Gasteiger partial charge in [0, 0.05) is 18.7 Å². The van der Waals surface area contributed by atoms with Gasteiger partial charge in [-0.05, 0) is 55.3 Å². The van der Waals surface area contributed by atoms with E-state index in [2.05, 4.69) is 10.3 Å². The number of nitrogens with zero attached hydrogens (tertiary/aromatic N) is 2. The molecule has 1 heterocycles. The summed E-state index contributed by atoms with van der Waals surface area (Å²) in [5, 5.41) is 1.62. The van der Waals surface area contributed by atoms with Crippen LogP contribution >= 0.6 is 0 Å². The number of likely N-dealkylation sites (N-methyl/N-ethyl adjacent to an activating group) is 1. The molecule has 0 bridgehead atoms. The number of imidazole rings is 1. The van der Waals surface area contributed by atoms with Gasteiger partial charge in [0.05, 0.1) is 16.3 Å². The highest BCUT2D eigenvalue weighted by molar-refractivity contribution is 7.90. The quantitative estimate of drug-likeness (QED) is 0.601. The fourth-order valence-electron chi connectivity index (χ4n) is 2.94. The fraction of sp³-hybridized carbons (Fsp3) is 0.200. The number of hydrogen-bond acceptors (Lipinski definition) is 5. The van der Waals surface area contributed by atoms with Crippen LogP contribution in [0.1, 0.15) is 25.0 Å². The van der Waals surface area contributed by atoms with Crippen molar-refractivity contribution in [2.45, 2.75) is 19.1 Å². The Morgan fingerprint density at radius 3 is 2.53 bits per heavy atom. The van der Waals surface area contributed by atoms with Gasteiger partial charge in [-0.3, -0.25) is 4.79 Å². The number of nitrogens with one attached hydrogen (secondary N) is 1. The number of halogens is 2. The molecule has 3 aromatic rings. The Bertz CT molecular complexity index is 1280. The Kier molecular flexibility index (Phi) is 5.62. The Hall–Kier alpha value is -3.27. The first kappa shape index (κ1) is 21.4. The zero-order valence-electron chi connectivity index (χ0n) is 16.5. The molecule has 0 unspecified atom stereocenters. The van der Waals surface area contributed by atoms with Gasteiger partial charge in [-0.25, -0.2) is 26.2 Å². The number of fused-ring (bicyclic) bond motifs is 1. The lowest BCUT2D eigenvalue weighted by Gasteiger charge is -2.13. The molecule has 10 heteroatoms. The van der Waals surface area contributed by atoms with E-state index < -0.39 is 32.8 Å². The van der Waals surface area contributed by atoms with Crippen LogP contribution in [0.3, 0.4) is 0 Å². The maximum absolute atomic E-state index is 14.5. The molecule has 0 aliphatic heterocycles. The average Bonchev–Trinajstić information content (AvgIpc) is 3.03. The van der Waals surface area contributed by atoms with Crippen molar-refractivity contribution in [2.75, 3.05) is 12.8 Å². The van der Waals surface area contributed by atoms with Crippen molar-refractivity contribution in [3.05, 3.63) is 65.2 Å². The van der Waals surface area contributed by atoms with E-state index in [0.717, 1.165) is 28.2 Å². The van der Waals surface area contributed by atoms with Gasteiger partial charge in [-0.2, -0.15) is 0 Å². The number of rotatable bonds is 5. The standard InChI is InChI=1S/C20H20F2N4O3S/c1-11(2)30(28,29)26-18-8-12(4-7-17(18)25-20(26)23)14(10-19(27)24-3)15-9-13(21)5-6-16(15)22/h4-11H,1-3H3,(H2,23,25)(H,24,27). The number of benzene rings is 2. The number of amides is 1. The molecule has 0 radical (unpaired) electrons. The van der Waals surface area contributed by atoms with Crippen molar-refractivity contribution in [3.8, 4) is 0 Å². The number of anilines is 1. The summed E-state index contributed by atoms with van der Waals surface area (Å²) in [6.07, 6.45) is 1.11. The number of carbonyl (C=O) groups is 1. The summed E-state index contributed by atoms with van der Waals surface area (Å²) in [5.41, 5.74) is 6.52. The van der Waals surface area contributed by atoms with Gasteiger partial charge in [0.25, 0.3) is 0 Å². The first-order valence-corrected chi connectivity index (χ1v) is 10.5. The molecule has 3 N–H and O–H groups in total. The predicted molar refractivity (Wildman–Crippen MR) is 111 cm³/mol. The van der Waals surface area contributed by atoms with Crippen LogP contribution in [0.2, 0.25) is 0 Å². The molecule has 0 spiro atoms. The third-order valence-corrected chi connectivity index (χ3v) is 6.62. The number of nitrogen functional groups attached to an aromatic ring is 1. The van der Waals surface area contributed by atoms with Crippen LogP contribution in [0.25, 0.3) is 16.6 Å². The summed E-state index contributed by atoms with van der Waals surface area (Å²) in [6, 6.07) is 7.34. The summed E-state index contributed by atoms with van der Waals surface area (Å²) in [4.78, 5) is 16.1. The number of hydrogen-bond donors (Lipinski definition) is 2. The normalized spacial score (nSPS) is 12.5. The Balaban J connectivity index is 2.32. The van der Waals surface area contributed by atoms with Crippen molar-refractivity contribution in [2.24, 2.45) is 0 Å². The van der Waals surface area contributed by atoms with Crippen molar-refractivity contribution in [1.29, 1.82) is 0 Å². The second-order valence-corrected chi connectivity index (χ2v) is 9.17. The lowest BCUT2D eigenvalue weighted by molar-refractivity contribution is -0.116. The van der Waals surface area contributed by atoms with Gasteiger partial charge in [0.1, 0.15) is 11.6 Å². The second kappa shape index (κ2) is 7.86. The van der Waals surface area contributed by atoms with Gasteiger partial charge in [-0.1, -0.05) is 6.07 Å². The summed E-state index contributed by atoms with van der Waals surface area (Å²) < 4.78 is 54.7. The summed E-state index contributed by atoms with van der Waals surface area (Å²) in [6.45, 7) is 3.01. The Morgan fingerprint density at radius 2 is 1.90 bits per heavy atom. The van der Waals surface area contributed by atoms with Crippen LogP contribution < -0.4 is 11.1 Å². The van der Waals surface area contributed by atoms with E-state index in [1.807, 2.05) is 0 Å². The number of nitrogens with two attached hydrogens (primary N) is 1. The van der Waals surface area contributed by atoms with Crippen molar-refractivity contribution >= 4 is 38.5 Å². The molecule has 1 amide bonds. The molecule has 3 rings (SSSR count). The van der Waals surface area contributed by atoms with E-state index >= 15 is 0 Å². The molecule has 7 nitrogen and oxygen atoms in total. The van der Waals surface area contributed by atoms with Crippen molar-refractivity contribution in [1.82, 2.24) is 14.3 Å². The zero-order valence-corrected chi connectivity index (χ0v) is 17.3. The number of carbonyl (C=O) groups excluding carboxylic acids is 1. The first-order valence-electron chi connectivity index (χ1n) is 8.97. The van der Waals surface area contributed by atoms with E-state index in [-0.39, 0.29) is 28.2 Å². The minimum Gasteiger partial charge on any atom is -0.368 e. The van der Waals surface area contributed by atoms with Crippen LogP contribution in [0.5, 0.6) is 0 Å². The minimum atomic E-state index is -3.84. The third-order valence-electron chi connectivity index (χ3n) is 4.54. The zero-order chi connectivity index (χ0) is 22.2. The minimum absolute atomic E-state index is 0.0708. The SMILES string of the molecule is CNC(=O)C=C(c1ccc2nc(N)n(S(=O)(=O)C(C)C)c2c1)c1cc(F)ccc1F. The van der Waals surface area contributed by atoms with Crippen molar-refractivity contribution < 1.29 is 22.0 Å². The Labute approximate surface area is 172 Å². The maximum atomic E-state index is 14.5. The lowest BCUT2D eigenvalue weighted by atomic mass is 9.96. The van der Waals surface area contributed by atoms with Gasteiger partial charge in [-0.15, -0.1) is 0 Å². The van der Waals surface area contributed by atoms with E-state index in [1.165, 1.54) is 39.1 Å². The third kappa shape index (κ3) is 3.78. The van der Waals surface area contributed by atoms with Gasteiger partial charge in [0.15, 0.2) is 0 Å². The highest BCUT2D eigenvalue weighted by atomic mass is 32.2. The van der Waals surface area contributed by atoms with Crippen LogP contribution in [-0.4, -0.2) is 35.6 Å². The second-order valence-electron chi connectivity index (χ2n) is 6.83. The van der Waals surface area contributed by atoms with Crippen LogP contribution in [-0.2, 0) is 14.8 Å². The molecule has 0 saturated heterocycles. The van der Waals surface area contributed by atoms with Crippen LogP contribution in [0.15, 0.2) is 42.5 Å². The van der Waals surface area contributed by atoms with E-state index in [4.69, 9.17) is 5.73 Å². The Morgan fingerprint density at radius 1 is 1.20 bits per heavy atom. The molecule has 0 aliphatic rings. The van der Waals surface area contributed by atoms with Crippen LogP contribution in [0.4, 0.5) is 14.7 Å². The topological polar surface area (TPSA) is 107 Å². The van der Waals surface area contributed by atoms with E-state index in [0.29, 0.717) is 5.52 Å². The number of aromatic nitrogens is 2. The summed E-state index contributed by atoms with van der Waals surface area (Å²) >= 11 is 0. The fourth-order valence-corrected chi connectivity index (χ4v) is 4.09. The highest BCUT2D eigenvalue weighted by Crippen LogP contribution is 2.31. The van der Waals surface area contributed by atoms with Crippen LogP contribution in [0, 0.1) is 11.6 Å². The molecular weight excluding hydrogens is 414 g/mol. The summed E-state index contributed by atoms with van der Waals surface area (Å²) in [7, 11) is -2.45. The smallest absolute Gasteiger partial charge is 0.244 e. The lowest BCUT2D eigenvalue weighted by Crippen LogP contribution is -2.23. The molecule has 158 valence electrons. The highest BCUT2D eigenvalue weighted by Gasteiger charge is 2.25. The molecule has 0 fully saturated rings. The molecule has 1 aromatic heterocycles. The first-order chi connectivity index (χ1) is 14.1. The average molecular weight is 434 g/mol. The molecule has 2 aromatic carbocycles. The van der Waals surface area contributed by atoms with Gasteiger partial charge < -0.3 is 11.1 Å². The summed E-state index contributed by atoms with van der Waals surface area (Å²) in [5.74, 6) is -2.19. The maximum Gasteiger partial charge on any atom is 0.244 e. The molecule has 30 heavy (non-hydrogen) atoms. The molecule has 0 saturated carbocycles. The molecule has 0 aliphatic carbocycles. The molecule has 0 atom stereocenters. The van der Waals surface area contributed by atoms with Gasteiger partial charge >= 0.3 is 0 Å². The van der Waals surface area contributed by atoms with Gasteiger partial charge in [0.2, 0.25) is 21.9 Å². The van der Waals surface area contributed by atoms with E-state index in [9.17, 15) is 22.0 Å². The monoisotopic (exact) mass is 434 g/mol. The van der Waals surface area contributed by atoms with Crippen molar-refractivity contribution in [3.63, 3.8) is 0 Å². The predicted octanol–water partition coefficient (Wildman–Crippen LogP) is 2.66. The van der Waals surface area contributed by atoms with E-state index in [1.54, 1.807) is 0 Å². The molecular formula is C20H20F2N4O3S. The largest absolute Gasteiger partial charge is 0.368 e.